The summed E-state index contributed by atoms with van der Waals surface area (Å²) in [6, 6.07) is 8.56. The molecule has 0 aromatic heterocycles. The van der Waals surface area contributed by atoms with Gasteiger partial charge in [-0.15, -0.1) is 0 Å². The van der Waals surface area contributed by atoms with Crippen LogP contribution in [0.3, 0.4) is 0 Å². The van der Waals surface area contributed by atoms with Crippen LogP contribution in [0.2, 0.25) is 0 Å². The molecule has 0 radical (unpaired) electrons. The number of thiocarbonyl (C=S) groups is 1. The fraction of sp³-hybridized carbons (Fsp3) is 0.556. The van der Waals surface area contributed by atoms with Gasteiger partial charge in [-0.2, -0.15) is 5.10 Å². The zero-order chi connectivity index (χ0) is 16.6. The highest BCUT2D eigenvalue weighted by Crippen LogP contribution is 2.20. The van der Waals surface area contributed by atoms with Crippen molar-refractivity contribution in [3.8, 4) is 0 Å². The van der Waals surface area contributed by atoms with Crippen molar-refractivity contribution in [1.82, 2.24) is 10.7 Å². The minimum absolute atomic E-state index is 0.608. The van der Waals surface area contributed by atoms with Gasteiger partial charge in [0.15, 0.2) is 5.11 Å². The van der Waals surface area contributed by atoms with Crippen molar-refractivity contribution >= 4 is 23.0 Å². The van der Waals surface area contributed by atoms with E-state index in [-0.39, 0.29) is 0 Å². The summed E-state index contributed by atoms with van der Waals surface area (Å²) in [7, 11) is 0. The van der Waals surface area contributed by atoms with Crippen molar-refractivity contribution in [3.05, 3.63) is 35.4 Å². The molecule has 0 unspecified atom stereocenters. The quantitative estimate of drug-likeness (QED) is 0.422. The van der Waals surface area contributed by atoms with Crippen LogP contribution in [0.15, 0.2) is 29.4 Å². The minimum atomic E-state index is 0.608. The molecule has 1 aromatic carbocycles. The Morgan fingerprint density at radius 3 is 2.83 bits per heavy atom. The molecule has 1 aliphatic carbocycles. The number of nitrogens with one attached hydrogen (secondary N) is 3. The first-order valence-electron chi connectivity index (χ1n) is 8.93. The number of nitrogens with zero attached hydrogens (tertiary/aromatic N) is 1. The van der Waals surface area contributed by atoms with Crippen LogP contribution in [0.1, 0.15) is 30.4 Å². The lowest BCUT2D eigenvalue weighted by atomic mass is 10.0. The monoisotopic (exact) mass is 347 g/mol. The second kappa shape index (κ2) is 9.11. The van der Waals surface area contributed by atoms with E-state index < -0.39 is 0 Å². The van der Waals surface area contributed by atoms with E-state index >= 15 is 0 Å². The molecule has 6 heteroatoms. The first-order valence-corrected chi connectivity index (χ1v) is 9.34. The highest BCUT2D eigenvalue weighted by Gasteiger charge is 2.14. The van der Waals surface area contributed by atoms with E-state index in [0.29, 0.717) is 5.11 Å². The number of quaternary nitrogens is 1. The van der Waals surface area contributed by atoms with Crippen LogP contribution in [-0.4, -0.2) is 50.2 Å². The molecule has 130 valence electrons. The normalized spacial score (nSPS) is 20.2. The molecule has 0 bridgehead atoms. The molecule has 3 N–H and O–H groups in total. The van der Waals surface area contributed by atoms with Gasteiger partial charge in [0.05, 0.1) is 32.0 Å². The maximum Gasteiger partial charge on any atom is 0.187 e. The molecule has 1 fully saturated rings. The third kappa shape index (κ3) is 5.00. The van der Waals surface area contributed by atoms with Gasteiger partial charge in [0.1, 0.15) is 13.1 Å². The number of benzene rings is 1. The molecule has 1 heterocycles. The zero-order valence-electron chi connectivity index (χ0n) is 14.1. The van der Waals surface area contributed by atoms with E-state index in [4.69, 9.17) is 17.0 Å². The molecule has 1 saturated heterocycles. The molecule has 3 rings (SSSR count). The van der Waals surface area contributed by atoms with Crippen LogP contribution in [0.5, 0.6) is 0 Å². The second-order valence-electron chi connectivity index (χ2n) is 6.40. The van der Waals surface area contributed by atoms with Crippen molar-refractivity contribution in [1.29, 1.82) is 0 Å². The van der Waals surface area contributed by atoms with E-state index in [9.17, 15) is 0 Å². The lowest BCUT2D eigenvalue weighted by Gasteiger charge is -2.23. The van der Waals surface area contributed by atoms with Gasteiger partial charge in [-0.3, -0.25) is 5.43 Å². The summed E-state index contributed by atoms with van der Waals surface area (Å²) >= 11 is 5.36. The van der Waals surface area contributed by atoms with E-state index in [0.717, 1.165) is 57.9 Å². The SMILES string of the molecule is S=C(NCC[NH+]1CCOCC1)N/N=C1/CCCCc2ccccc21. The van der Waals surface area contributed by atoms with E-state index in [2.05, 4.69) is 40.1 Å². The van der Waals surface area contributed by atoms with Gasteiger partial charge in [0.2, 0.25) is 0 Å². The van der Waals surface area contributed by atoms with Crippen molar-refractivity contribution in [2.45, 2.75) is 25.7 Å². The molecular weight excluding hydrogens is 320 g/mol. The molecule has 0 saturated carbocycles. The van der Waals surface area contributed by atoms with Gasteiger partial charge < -0.3 is 15.0 Å². The predicted molar refractivity (Wildman–Crippen MR) is 101 cm³/mol. The van der Waals surface area contributed by atoms with Gasteiger partial charge >= 0.3 is 0 Å². The molecule has 0 spiro atoms. The summed E-state index contributed by atoms with van der Waals surface area (Å²) in [6.07, 6.45) is 4.54. The standard InChI is InChI=1S/C18H26N4OS/c24-18(19-9-10-22-11-13-23-14-12-22)21-20-17-8-4-2-6-15-5-1-3-7-16(15)17/h1,3,5,7H,2,4,6,8-14H2,(H2,19,21,24)/p+1/b20-17-. The molecule has 0 amide bonds. The fourth-order valence-electron chi connectivity index (χ4n) is 3.30. The van der Waals surface area contributed by atoms with Crippen LogP contribution in [0.25, 0.3) is 0 Å². The van der Waals surface area contributed by atoms with Crippen molar-refractivity contribution in [3.63, 3.8) is 0 Å². The van der Waals surface area contributed by atoms with Crippen molar-refractivity contribution in [2.24, 2.45) is 5.10 Å². The summed E-state index contributed by atoms with van der Waals surface area (Å²) in [5, 5.41) is 8.45. The Morgan fingerprint density at radius 2 is 1.96 bits per heavy atom. The Labute approximate surface area is 149 Å². The van der Waals surface area contributed by atoms with Crippen LogP contribution < -0.4 is 15.6 Å². The Balaban J connectivity index is 1.48. The van der Waals surface area contributed by atoms with Crippen LogP contribution in [-0.2, 0) is 11.2 Å². The number of hydrazone groups is 1. The largest absolute Gasteiger partial charge is 0.370 e. The smallest absolute Gasteiger partial charge is 0.187 e. The Bertz CT molecular complexity index is 584. The molecule has 0 atom stereocenters. The second-order valence-corrected chi connectivity index (χ2v) is 6.81. The lowest BCUT2D eigenvalue weighted by molar-refractivity contribution is -0.906. The topological polar surface area (TPSA) is 50.1 Å². The summed E-state index contributed by atoms with van der Waals surface area (Å²) in [4.78, 5) is 1.57. The number of aryl methyl sites for hydroxylation is 1. The van der Waals surface area contributed by atoms with Crippen molar-refractivity contribution in [2.75, 3.05) is 39.4 Å². The van der Waals surface area contributed by atoms with Crippen LogP contribution in [0, 0.1) is 0 Å². The molecule has 24 heavy (non-hydrogen) atoms. The molecular formula is C18H27N4OS+. The average molecular weight is 348 g/mol. The molecule has 5 nitrogen and oxygen atoms in total. The zero-order valence-corrected chi connectivity index (χ0v) is 15.0. The highest BCUT2D eigenvalue weighted by atomic mass is 32.1. The van der Waals surface area contributed by atoms with E-state index in [1.165, 1.54) is 24.0 Å². The van der Waals surface area contributed by atoms with Gasteiger partial charge in [-0.25, -0.2) is 0 Å². The highest BCUT2D eigenvalue weighted by molar-refractivity contribution is 7.80. The van der Waals surface area contributed by atoms with Gasteiger partial charge in [-0.05, 0) is 43.5 Å². The summed E-state index contributed by atoms with van der Waals surface area (Å²) in [6.45, 7) is 5.82. The van der Waals surface area contributed by atoms with Gasteiger partial charge in [0, 0.05) is 5.56 Å². The molecule has 1 aromatic rings. The first kappa shape index (κ1) is 17.3. The van der Waals surface area contributed by atoms with E-state index in [1.54, 1.807) is 4.90 Å². The lowest BCUT2D eigenvalue weighted by Crippen LogP contribution is -3.14. The summed E-state index contributed by atoms with van der Waals surface area (Å²) in [5.41, 5.74) is 6.81. The number of ether oxygens (including phenoxy) is 1. The molecule has 1 aliphatic heterocycles. The maximum atomic E-state index is 5.37. The summed E-state index contributed by atoms with van der Waals surface area (Å²) < 4.78 is 5.37. The van der Waals surface area contributed by atoms with Gasteiger partial charge in [-0.1, -0.05) is 24.3 Å². The Hall–Kier alpha value is -1.50. The Morgan fingerprint density at radius 1 is 1.17 bits per heavy atom. The predicted octanol–water partition coefficient (Wildman–Crippen LogP) is 0.496. The van der Waals surface area contributed by atoms with Crippen LogP contribution in [0.4, 0.5) is 0 Å². The van der Waals surface area contributed by atoms with Gasteiger partial charge in [0.25, 0.3) is 0 Å². The fourth-order valence-corrected chi connectivity index (χ4v) is 3.45. The van der Waals surface area contributed by atoms with Crippen LogP contribution >= 0.6 is 12.2 Å². The molecule has 2 aliphatic rings. The number of hydrogen-bond acceptors (Lipinski definition) is 3. The Kier molecular flexibility index (Phi) is 6.57. The number of rotatable bonds is 4. The van der Waals surface area contributed by atoms with E-state index in [1.807, 2.05) is 0 Å². The number of hydrogen-bond donors (Lipinski definition) is 3. The van der Waals surface area contributed by atoms with Crippen molar-refractivity contribution < 1.29 is 9.64 Å². The number of morpholine rings is 1. The minimum Gasteiger partial charge on any atom is -0.370 e. The maximum absolute atomic E-state index is 5.37. The third-order valence-corrected chi connectivity index (χ3v) is 4.93. The summed E-state index contributed by atoms with van der Waals surface area (Å²) in [5.74, 6) is 0. The third-order valence-electron chi connectivity index (χ3n) is 4.69. The average Bonchev–Trinajstić information content (AvgIpc) is 2.83. The first-order chi connectivity index (χ1) is 11.8. The number of fused-ring (bicyclic) bond motifs is 1.